The van der Waals surface area contributed by atoms with Crippen LogP contribution >= 0.6 is 0 Å². The molecular weight excluding hydrogens is 242 g/mol. The first-order chi connectivity index (χ1) is 9.08. The standard InChI is InChI=1S/C15H19NO3/c1-11-4-5-12(10-13(11)15(18)19)14(17)6-9-16-7-2-3-8-16/h4-5,10H,2-3,6-9H2,1H3,(H,18,19). The van der Waals surface area contributed by atoms with Crippen molar-refractivity contribution in [3.8, 4) is 0 Å². The van der Waals surface area contributed by atoms with Crippen molar-refractivity contribution in [2.75, 3.05) is 19.6 Å². The average Bonchev–Trinajstić information content (AvgIpc) is 2.89. The Bertz CT molecular complexity index is 490. The monoisotopic (exact) mass is 261 g/mol. The Morgan fingerprint density at radius 3 is 2.58 bits per heavy atom. The molecule has 0 spiro atoms. The van der Waals surface area contributed by atoms with E-state index in [0.29, 0.717) is 17.5 Å². The van der Waals surface area contributed by atoms with Crippen LogP contribution in [0.25, 0.3) is 0 Å². The highest BCUT2D eigenvalue weighted by Crippen LogP contribution is 2.14. The number of nitrogens with zero attached hydrogens (tertiary/aromatic N) is 1. The van der Waals surface area contributed by atoms with Gasteiger partial charge in [-0.1, -0.05) is 12.1 Å². The van der Waals surface area contributed by atoms with Gasteiger partial charge in [0.25, 0.3) is 0 Å². The van der Waals surface area contributed by atoms with Crippen LogP contribution in [-0.2, 0) is 0 Å². The molecule has 1 fully saturated rings. The number of aromatic carboxylic acids is 1. The minimum atomic E-state index is -0.980. The van der Waals surface area contributed by atoms with E-state index < -0.39 is 5.97 Å². The Labute approximate surface area is 113 Å². The van der Waals surface area contributed by atoms with Gasteiger partial charge in [0.15, 0.2) is 5.78 Å². The van der Waals surface area contributed by atoms with Gasteiger partial charge in [0, 0.05) is 18.5 Å². The number of hydrogen-bond donors (Lipinski definition) is 1. The Balaban J connectivity index is 2.02. The number of ketones is 1. The van der Waals surface area contributed by atoms with E-state index in [9.17, 15) is 9.59 Å². The van der Waals surface area contributed by atoms with Crippen LogP contribution in [0.2, 0.25) is 0 Å². The van der Waals surface area contributed by atoms with Gasteiger partial charge < -0.3 is 10.0 Å². The summed E-state index contributed by atoms with van der Waals surface area (Å²) >= 11 is 0. The summed E-state index contributed by atoms with van der Waals surface area (Å²) in [6.07, 6.45) is 2.88. The lowest BCUT2D eigenvalue weighted by atomic mass is 10.0. The van der Waals surface area contributed by atoms with Crippen molar-refractivity contribution >= 4 is 11.8 Å². The molecule has 0 amide bonds. The van der Waals surface area contributed by atoms with E-state index in [1.54, 1.807) is 19.1 Å². The zero-order chi connectivity index (χ0) is 13.8. The molecule has 0 atom stereocenters. The van der Waals surface area contributed by atoms with Gasteiger partial charge in [0.2, 0.25) is 0 Å². The maximum Gasteiger partial charge on any atom is 0.335 e. The van der Waals surface area contributed by atoms with Gasteiger partial charge in [-0.2, -0.15) is 0 Å². The zero-order valence-corrected chi connectivity index (χ0v) is 11.2. The molecule has 1 aromatic carbocycles. The van der Waals surface area contributed by atoms with E-state index in [1.165, 1.54) is 18.9 Å². The van der Waals surface area contributed by atoms with E-state index in [-0.39, 0.29) is 11.3 Å². The first kappa shape index (κ1) is 13.7. The zero-order valence-electron chi connectivity index (χ0n) is 11.2. The summed E-state index contributed by atoms with van der Waals surface area (Å²) in [7, 11) is 0. The van der Waals surface area contributed by atoms with Crippen LogP contribution in [0.4, 0.5) is 0 Å². The molecule has 2 rings (SSSR count). The lowest BCUT2D eigenvalue weighted by Gasteiger charge is -2.13. The molecule has 102 valence electrons. The quantitative estimate of drug-likeness (QED) is 0.827. The summed E-state index contributed by atoms with van der Waals surface area (Å²) in [5.74, 6) is -0.957. The molecule has 1 heterocycles. The SMILES string of the molecule is Cc1ccc(C(=O)CCN2CCCC2)cc1C(=O)O. The molecule has 0 saturated carbocycles. The van der Waals surface area contributed by atoms with Crippen molar-refractivity contribution in [2.45, 2.75) is 26.2 Å². The van der Waals surface area contributed by atoms with E-state index in [1.807, 2.05) is 0 Å². The second-order valence-corrected chi connectivity index (χ2v) is 5.06. The van der Waals surface area contributed by atoms with Crippen LogP contribution < -0.4 is 0 Å². The molecule has 19 heavy (non-hydrogen) atoms. The van der Waals surface area contributed by atoms with E-state index in [0.717, 1.165) is 19.6 Å². The second kappa shape index (κ2) is 5.97. The van der Waals surface area contributed by atoms with Crippen LogP contribution in [-0.4, -0.2) is 41.4 Å². The van der Waals surface area contributed by atoms with Crippen LogP contribution in [0, 0.1) is 6.92 Å². The van der Waals surface area contributed by atoms with Gasteiger partial charge in [-0.25, -0.2) is 4.79 Å². The molecule has 4 nitrogen and oxygen atoms in total. The Morgan fingerprint density at radius 2 is 1.95 bits per heavy atom. The fraction of sp³-hybridized carbons (Fsp3) is 0.467. The second-order valence-electron chi connectivity index (χ2n) is 5.06. The van der Waals surface area contributed by atoms with Crippen molar-refractivity contribution in [1.29, 1.82) is 0 Å². The molecule has 1 aliphatic rings. The van der Waals surface area contributed by atoms with Crippen LogP contribution in [0.15, 0.2) is 18.2 Å². The lowest BCUT2D eigenvalue weighted by Crippen LogP contribution is -2.22. The summed E-state index contributed by atoms with van der Waals surface area (Å²) in [5.41, 5.74) is 1.40. The molecule has 0 radical (unpaired) electrons. The maximum absolute atomic E-state index is 12.1. The number of rotatable bonds is 5. The average molecular weight is 261 g/mol. The topological polar surface area (TPSA) is 57.6 Å². The van der Waals surface area contributed by atoms with Crippen LogP contribution in [0.3, 0.4) is 0 Å². The molecule has 1 aromatic rings. The fourth-order valence-electron chi connectivity index (χ4n) is 2.44. The largest absolute Gasteiger partial charge is 0.478 e. The van der Waals surface area contributed by atoms with Gasteiger partial charge in [-0.3, -0.25) is 4.79 Å². The van der Waals surface area contributed by atoms with E-state index >= 15 is 0 Å². The van der Waals surface area contributed by atoms with E-state index in [2.05, 4.69) is 4.90 Å². The first-order valence-electron chi connectivity index (χ1n) is 6.67. The summed E-state index contributed by atoms with van der Waals surface area (Å²) in [4.78, 5) is 25.4. The molecule has 1 N–H and O–H groups in total. The molecule has 1 saturated heterocycles. The van der Waals surface area contributed by atoms with Gasteiger partial charge in [-0.05, 0) is 44.5 Å². The number of carbonyl (C=O) groups is 2. The Kier molecular flexibility index (Phi) is 4.32. The van der Waals surface area contributed by atoms with Gasteiger partial charge in [0.05, 0.1) is 5.56 Å². The number of aryl methyl sites for hydroxylation is 1. The third-order valence-electron chi connectivity index (χ3n) is 3.64. The molecular formula is C15H19NO3. The summed E-state index contributed by atoms with van der Waals surface area (Å²) in [5, 5.41) is 9.05. The van der Waals surface area contributed by atoms with Crippen molar-refractivity contribution in [1.82, 2.24) is 4.90 Å². The number of carboxylic acid groups (broad SMARTS) is 1. The van der Waals surface area contributed by atoms with Crippen LogP contribution in [0.5, 0.6) is 0 Å². The highest BCUT2D eigenvalue weighted by molar-refractivity contribution is 5.99. The van der Waals surface area contributed by atoms with Gasteiger partial charge in [0.1, 0.15) is 0 Å². The van der Waals surface area contributed by atoms with Gasteiger partial charge in [-0.15, -0.1) is 0 Å². The van der Waals surface area contributed by atoms with E-state index in [4.69, 9.17) is 5.11 Å². The number of Topliss-reactive ketones (excluding diaryl/α,β-unsaturated/α-hetero) is 1. The summed E-state index contributed by atoms with van der Waals surface area (Å²) < 4.78 is 0. The molecule has 0 aromatic heterocycles. The van der Waals surface area contributed by atoms with Gasteiger partial charge >= 0.3 is 5.97 Å². The third-order valence-corrected chi connectivity index (χ3v) is 3.64. The molecule has 1 aliphatic heterocycles. The highest BCUT2D eigenvalue weighted by Gasteiger charge is 2.15. The van der Waals surface area contributed by atoms with Crippen molar-refractivity contribution in [3.63, 3.8) is 0 Å². The number of carboxylic acids is 1. The molecule has 0 bridgehead atoms. The minimum Gasteiger partial charge on any atom is -0.478 e. The Hall–Kier alpha value is -1.68. The van der Waals surface area contributed by atoms with Crippen molar-refractivity contribution < 1.29 is 14.7 Å². The molecule has 4 heteroatoms. The smallest absolute Gasteiger partial charge is 0.335 e. The maximum atomic E-state index is 12.1. The number of carbonyl (C=O) groups excluding carboxylic acids is 1. The van der Waals surface area contributed by atoms with Crippen LogP contribution in [0.1, 0.15) is 45.5 Å². The molecule has 0 unspecified atom stereocenters. The first-order valence-corrected chi connectivity index (χ1v) is 6.67. The van der Waals surface area contributed by atoms with Crippen molar-refractivity contribution in [3.05, 3.63) is 34.9 Å². The highest BCUT2D eigenvalue weighted by atomic mass is 16.4. The molecule has 0 aliphatic carbocycles. The normalized spacial score (nSPS) is 15.6. The minimum absolute atomic E-state index is 0.0226. The third kappa shape index (κ3) is 3.41. The number of benzene rings is 1. The summed E-state index contributed by atoms with van der Waals surface area (Å²) in [6.45, 7) is 4.65. The predicted molar refractivity (Wildman–Crippen MR) is 72.8 cm³/mol. The Morgan fingerprint density at radius 1 is 1.26 bits per heavy atom. The van der Waals surface area contributed by atoms with Crippen molar-refractivity contribution in [2.24, 2.45) is 0 Å². The number of hydrogen-bond acceptors (Lipinski definition) is 3. The lowest BCUT2D eigenvalue weighted by molar-refractivity contribution is 0.0696. The fourth-order valence-corrected chi connectivity index (χ4v) is 2.44. The predicted octanol–water partition coefficient (Wildman–Crippen LogP) is 2.36. The number of likely N-dealkylation sites (tertiary alicyclic amines) is 1. The summed E-state index contributed by atoms with van der Waals surface area (Å²) in [6, 6.07) is 4.91.